The lowest BCUT2D eigenvalue weighted by atomic mass is 10.1. The van der Waals surface area contributed by atoms with Crippen LogP contribution in [0.5, 0.6) is 0 Å². The lowest BCUT2D eigenvalue weighted by Gasteiger charge is -2.15. The fraction of sp³-hybridized carbons (Fsp3) is 0.417. The molecule has 0 bridgehead atoms. The summed E-state index contributed by atoms with van der Waals surface area (Å²) in [7, 11) is 0. The zero-order valence-electron chi connectivity index (χ0n) is 9.55. The highest BCUT2D eigenvalue weighted by Crippen LogP contribution is 2.24. The van der Waals surface area contributed by atoms with Gasteiger partial charge in [-0.15, -0.1) is 0 Å². The summed E-state index contributed by atoms with van der Waals surface area (Å²) in [6.45, 7) is 5.98. The first-order valence-electron chi connectivity index (χ1n) is 5.13. The van der Waals surface area contributed by atoms with Crippen LogP contribution < -0.4 is 5.32 Å². The van der Waals surface area contributed by atoms with E-state index in [1.807, 2.05) is 39.0 Å². The minimum atomic E-state index is -0.161. The van der Waals surface area contributed by atoms with Crippen molar-refractivity contribution in [2.45, 2.75) is 25.6 Å². The molecule has 0 saturated carbocycles. The Morgan fingerprint density at radius 3 is 2.56 bits per heavy atom. The largest absolute Gasteiger partial charge is 0.325 e. The highest BCUT2D eigenvalue weighted by molar-refractivity contribution is 9.10. The summed E-state index contributed by atoms with van der Waals surface area (Å²) in [6.07, 6.45) is 0. The number of benzene rings is 1. The third-order valence-corrected chi connectivity index (χ3v) is 4.69. The van der Waals surface area contributed by atoms with E-state index >= 15 is 0 Å². The van der Waals surface area contributed by atoms with Crippen molar-refractivity contribution < 1.29 is 4.79 Å². The van der Waals surface area contributed by atoms with E-state index in [1.54, 1.807) is 0 Å². The molecule has 0 aliphatic rings. The zero-order valence-corrected chi connectivity index (χ0v) is 12.7. The van der Waals surface area contributed by atoms with Crippen molar-refractivity contribution in [1.29, 1.82) is 0 Å². The minimum Gasteiger partial charge on any atom is -0.325 e. The van der Waals surface area contributed by atoms with Crippen molar-refractivity contribution in [3.8, 4) is 0 Å². The third-order valence-electron chi connectivity index (χ3n) is 2.36. The van der Waals surface area contributed by atoms with Crippen LogP contribution in [0.15, 0.2) is 22.7 Å². The standard InChI is InChI=1S/C12H15Br2NO/c1-7(2)11(14)12(16)15-10-6-4-5-9(13)8(10)3/h4-7,11H,1-3H3,(H,15,16). The van der Waals surface area contributed by atoms with Crippen LogP contribution in [-0.2, 0) is 4.79 Å². The summed E-state index contributed by atoms with van der Waals surface area (Å²) in [5.74, 6) is 0.267. The average molecular weight is 349 g/mol. The second-order valence-corrected chi connectivity index (χ2v) is 5.89. The number of nitrogens with one attached hydrogen (secondary N) is 1. The van der Waals surface area contributed by atoms with E-state index in [2.05, 4.69) is 37.2 Å². The van der Waals surface area contributed by atoms with Crippen LogP contribution in [0.25, 0.3) is 0 Å². The molecule has 0 saturated heterocycles. The van der Waals surface area contributed by atoms with Gasteiger partial charge in [-0.3, -0.25) is 4.79 Å². The van der Waals surface area contributed by atoms with Crippen LogP contribution in [0.3, 0.4) is 0 Å². The maximum absolute atomic E-state index is 11.8. The van der Waals surface area contributed by atoms with E-state index in [9.17, 15) is 4.79 Å². The van der Waals surface area contributed by atoms with Crippen molar-refractivity contribution >= 4 is 43.5 Å². The molecule has 1 amide bonds. The van der Waals surface area contributed by atoms with Crippen LogP contribution in [-0.4, -0.2) is 10.7 Å². The van der Waals surface area contributed by atoms with Gasteiger partial charge in [-0.05, 0) is 30.5 Å². The first-order valence-corrected chi connectivity index (χ1v) is 6.84. The highest BCUT2D eigenvalue weighted by atomic mass is 79.9. The SMILES string of the molecule is Cc1c(Br)cccc1NC(=O)C(Br)C(C)C. The smallest absolute Gasteiger partial charge is 0.238 e. The Labute approximate surface area is 113 Å². The number of carbonyl (C=O) groups is 1. The van der Waals surface area contributed by atoms with Gasteiger partial charge in [0, 0.05) is 10.2 Å². The monoisotopic (exact) mass is 347 g/mol. The predicted molar refractivity (Wildman–Crippen MR) is 75.1 cm³/mol. The lowest BCUT2D eigenvalue weighted by molar-refractivity contribution is -0.116. The van der Waals surface area contributed by atoms with Crippen LogP contribution in [0.2, 0.25) is 0 Å². The van der Waals surface area contributed by atoms with E-state index in [-0.39, 0.29) is 16.7 Å². The van der Waals surface area contributed by atoms with Crippen molar-refractivity contribution in [3.63, 3.8) is 0 Å². The fourth-order valence-electron chi connectivity index (χ4n) is 1.25. The first kappa shape index (κ1) is 13.7. The molecule has 88 valence electrons. The van der Waals surface area contributed by atoms with Crippen LogP contribution in [0, 0.1) is 12.8 Å². The Kier molecular flexibility index (Phi) is 4.99. The molecule has 2 nitrogen and oxygen atoms in total. The number of hydrogen-bond acceptors (Lipinski definition) is 1. The third kappa shape index (κ3) is 3.32. The average Bonchev–Trinajstić information content (AvgIpc) is 2.23. The van der Waals surface area contributed by atoms with Gasteiger partial charge in [0.15, 0.2) is 0 Å². The van der Waals surface area contributed by atoms with Gasteiger partial charge < -0.3 is 5.32 Å². The molecule has 0 aromatic heterocycles. The molecule has 1 unspecified atom stereocenters. The van der Waals surface area contributed by atoms with Crippen molar-refractivity contribution in [2.24, 2.45) is 5.92 Å². The van der Waals surface area contributed by atoms with E-state index in [0.29, 0.717) is 0 Å². The van der Waals surface area contributed by atoms with Crippen LogP contribution >= 0.6 is 31.9 Å². The molecule has 4 heteroatoms. The molecule has 1 rings (SSSR count). The number of rotatable bonds is 3. The Hall–Kier alpha value is -0.350. The Bertz CT molecular complexity index is 391. The van der Waals surface area contributed by atoms with Gasteiger partial charge >= 0.3 is 0 Å². The van der Waals surface area contributed by atoms with E-state index in [0.717, 1.165) is 15.7 Å². The summed E-state index contributed by atoms with van der Waals surface area (Å²) in [5.41, 5.74) is 1.89. The normalized spacial score (nSPS) is 12.6. The fourth-order valence-corrected chi connectivity index (χ4v) is 1.73. The number of halogens is 2. The summed E-state index contributed by atoms with van der Waals surface area (Å²) in [4.78, 5) is 11.7. The van der Waals surface area contributed by atoms with E-state index in [4.69, 9.17) is 0 Å². The topological polar surface area (TPSA) is 29.1 Å². The molecule has 0 spiro atoms. The molecule has 1 N–H and O–H groups in total. The van der Waals surface area contributed by atoms with Gasteiger partial charge in [-0.2, -0.15) is 0 Å². The number of carbonyl (C=O) groups excluding carboxylic acids is 1. The van der Waals surface area contributed by atoms with Crippen molar-refractivity contribution in [1.82, 2.24) is 0 Å². The maximum atomic E-state index is 11.8. The number of alkyl halides is 1. The van der Waals surface area contributed by atoms with Gasteiger partial charge in [0.2, 0.25) is 5.91 Å². The van der Waals surface area contributed by atoms with E-state index < -0.39 is 0 Å². The second-order valence-electron chi connectivity index (χ2n) is 4.05. The molecule has 16 heavy (non-hydrogen) atoms. The summed E-state index contributed by atoms with van der Waals surface area (Å²) >= 11 is 6.82. The molecule has 0 aliphatic carbocycles. The summed E-state index contributed by atoms with van der Waals surface area (Å²) in [5, 5.41) is 2.92. The quantitative estimate of drug-likeness (QED) is 0.818. The van der Waals surface area contributed by atoms with Gasteiger partial charge in [-0.1, -0.05) is 51.8 Å². The number of amides is 1. The lowest BCUT2D eigenvalue weighted by Crippen LogP contribution is -2.27. The van der Waals surface area contributed by atoms with Crippen LogP contribution in [0.1, 0.15) is 19.4 Å². The Balaban J connectivity index is 2.81. The van der Waals surface area contributed by atoms with Gasteiger partial charge in [0.05, 0.1) is 4.83 Å². The van der Waals surface area contributed by atoms with Crippen molar-refractivity contribution in [2.75, 3.05) is 5.32 Å². The summed E-state index contributed by atoms with van der Waals surface area (Å²) in [6, 6.07) is 5.77. The molecule has 0 fully saturated rings. The van der Waals surface area contributed by atoms with Gasteiger partial charge in [0.25, 0.3) is 0 Å². The Morgan fingerprint density at radius 1 is 1.38 bits per heavy atom. The maximum Gasteiger partial charge on any atom is 0.238 e. The molecule has 0 radical (unpaired) electrons. The molecule has 1 atom stereocenters. The minimum absolute atomic E-state index is 0.00352. The first-order chi connectivity index (χ1) is 7.43. The molecule has 1 aromatic carbocycles. The Morgan fingerprint density at radius 2 is 2.00 bits per heavy atom. The molecule has 0 heterocycles. The molecular weight excluding hydrogens is 334 g/mol. The zero-order chi connectivity index (χ0) is 12.3. The summed E-state index contributed by atoms with van der Waals surface area (Å²) < 4.78 is 1.00. The van der Waals surface area contributed by atoms with Gasteiger partial charge in [0.1, 0.15) is 0 Å². The number of hydrogen-bond donors (Lipinski definition) is 1. The second kappa shape index (κ2) is 5.82. The molecular formula is C12H15Br2NO. The van der Waals surface area contributed by atoms with E-state index in [1.165, 1.54) is 0 Å². The predicted octanol–water partition coefficient (Wildman–Crippen LogP) is 4.12. The highest BCUT2D eigenvalue weighted by Gasteiger charge is 2.19. The van der Waals surface area contributed by atoms with Gasteiger partial charge in [-0.25, -0.2) is 0 Å². The molecule has 1 aromatic rings. The molecule has 0 aliphatic heterocycles. The number of anilines is 1. The van der Waals surface area contributed by atoms with Crippen molar-refractivity contribution in [3.05, 3.63) is 28.2 Å². The van der Waals surface area contributed by atoms with Crippen LogP contribution in [0.4, 0.5) is 5.69 Å².